The molecule has 0 aliphatic carbocycles. The zero-order valence-electron chi connectivity index (χ0n) is 11.3. The molecule has 0 atom stereocenters. The fourth-order valence-electron chi connectivity index (χ4n) is 1.62. The van der Waals surface area contributed by atoms with Crippen molar-refractivity contribution in [1.29, 1.82) is 0 Å². The Bertz CT molecular complexity index is 546. The van der Waals surface area contributed by atoms with Crippen molar-refractivity contribution in [2.45, 2.75) is 18.4 Å². The molecular formula is C12H19BrN2O3S. The monoisotopic (exact) mass is 350 g/mol. The van der Waals surface area contributed by atoms with Gasteiger partial charge in [-0.3, -0.25) is 0 Å². The van der Waals surface area contributed by atoms with E-state index in [9.17, 15) is 8.42 Å². The van der Waals surface area contributed by atoms with E-state index < -0.39 is 10.0 Å². The molecule has 0 bridgehead atoms. The van der Waals surface area contributed by atoms with Crippen molar-refractivity contribution in [2.75, 3.05) is 27.3 Å². The standard InChI is InChI=1S/C12H19BrN2O3S/c1-9-6-10(8-14)7-11(12(9)13)19(16,17)15(2)4-5-18-3/h6-7H,4-5,8,14H2,1-3H3. The summed E-state index contributed by atoms with van der Waals surface area (Å²) in [5.74, 6) is 0. The van der Waals surface area contributed by atoms with Crippen LogP contribution in [-0.4, -0.2) is 40.0 Å². The maximum Gasteiger partial charge on any atom is 0.244 e. The largest absolute Gasteiger partial charge is 0.383 e. The third-order valence-electron chi connectivity index (χ3n) is 2.82. The molecule has 0 aliphatic heterocycles. The third-order valence-corrected chi connectivity index (χ3v) is 6.01. The van der Waals surface area contributed by atoms with Gasteiger partial charge in [-0.15, -0.1) is 0 Å². The fourth-order valence-corrected chi connectivity index (χ4v) is 3.80. The average molecular weight is 351 g/mol. The Hall–Kier alpha value is -0.470. The molecular weight excluding hydrogens is 332 g/mol. The van der Waals surface area contributed by atoms with Crippen LogP contribution in [0.5, 0.6) is 0 Å². The third kappa shape index (κ3) is 3.76. The first-order chi connectivity index (χ1) is 8.84. The molecule has 0 saturated heterocycles. The van der Waals surface area contributed by atoms with Crippen molar-refractivity contribution in [2.24, 2.45) is 5.73 Å². The van der Waals surface area contributed by atoms with E-state index in [-0.39, 0.29) is 4.90 Å². The lowest BCUT2D eigenvalue weighted by Gasteiger charge is -2.19. The Balaban J connectivity index is 3.24. The number of nitrogens with zero attached hydrogens (tertiary/aromatic N) is 1. The Labute approximate surface area is 122 Å². The van der Waals surface area contributed by atoms with Crippen molar-refractivity contribution in [1.82, 2.24) is 4.31 Å². The normalized spacial score (nSPS) is 12.1. The molecule has 0 radical (unpaired) electrons. The molecule has 0 aromatic heterocycles. The first-order valence-corrected chi connectivity index (χ1v) is 8.02. The van der Waals surface area contributed by atoms with Gasteiger partial charge in [0.15, 0.2) is 0 Å². The molecule has 2 N–H and O–H groups in total. The number of sulfonamides is 1. The summed E-state index contributed by atoms with van der Waals surface area (Å²) >= 11 is 3.34. The van der Waals surface area contributed by atoms with E-state index in [1.165, 1.54) is 18.5 Å². The minimum absolute atomic E-state index is 0.242. The molecule has 108 valence electrons. The highest BCUT2D eigenvalue weighted by Gasteiger charge is 2.24. The Morgan fingerprint density at radius 3 is 2.58 bits per heavy atom. The summed E-state index contributed by atoms with van der Waals surface area (Å²) in [6, 6.07) is 3.48. The van der Waals surface area contributed by atoms with E-state index >= 15 is 0 Å². The first-order valence-electron chi connectivity index (χ1n) is 5.79. The van der Waals surface area contributed by atoms with Crippen molar-refractivity contribution in [3.8, 4) is 0 Å². The Morgan fingerprint density at radius 2 is 2.05 bits per heavy atom. The van der Waals surface area contributed by atoms with Crippen molar-refractivity contribution >= 4 is 26.0 Å². The molecule has 0 fully saturated rings. The predicted octanol–water partition coefficient (Wildman–Crippen LogP) is 1.48. The number of hydrogen-bond acceptors (Lipinski definition) is 4. The van der Waals surface area contributed by atoms with Crippen molar-refractivity contribution < 1.29 is 13.2 Å². The lowest BCUT2D eigenvalue weighted by molar-refractivity contribution is 0.185. The summed E-state index contributed by atoms with van der Waals surface area (Å²) in [6.45, 7) is 2.80. The maximum atomic E-state index is 12.5. The van der Waals surface area contributed by atoms with E-state index in [0.29, 0.717) is 24.2 Å². The summed E-state index contributed by atoms with van der Waals surface area (Å²) in [5.41, 5.74) is 7.23. The average Bonchev–Trinajstić information content (AvgIpc) is 2.38. The Morgan fingerprint density at radius 1 is 1.42 bits per heavy atom. The van der Waals surface area contributed by atoms with Gasteiger partial charge in [0.05, 0.1) is 11.5 Å². The number of benzene rings is 1. The molecule has 1 aromatic rings. The molecule has 0 saturated carbocycles. The molecule has 0 spiro atoms. The van der Waals surface area contributed by atoms with Gasteiger partial charge in [0.1, 0.15) is 0 Å². The summed E-state index contributed by atoms with van der Waals surface area (Å²) in [5, 5.41) is 0. The zero-order valence-corrected chi connectivity index (χ0v) is 13.7. The van der Waals surface area contributed by atoms with Crippen LogP contribution in [0.15, 0.2) is 21.5 Å². The highest BCUT2D eigenvalue weighted by molar-refractivity contribution is 9.10. The van der Waals surface area contributed by atoms with Gasteiger partial charge in [-0.05, 0) is 40.0 Å². The molecule has 0 amide bonds. The van der Waals surface area contributed by atoms with Crippen molar-refractivity contribution in [3.05, 3.63) is 27.7 Å². The van der Waals surface area contributed by atoms with Crippen molar-refractivity contribution in [3.63, 3.8) is 0 Å². The number of likely N-dealkylation sites (N-methyl/N-ethyl adjacent to an activating group) is 1. The van der Waals surface area contributed by atoms with E-state index in [2.05, 4.69) is 15.9 Å². The van der Waals surface area contributed by atoms with Gasteiger partial charge in [0.2, 0.25) is 10.0 Å². The van der Waals surface area contributed by atoms with Crippen LogP contribution in [0.1, 0.15) is 11.1 Å². The zero-order chi connectivity index (χ0) is 14.6. The molecule has 7 heteroatoms. The second-order valence-electron chi connectivity index (χ2n) is 4.25. The SMILES string of the molecule is COCCN(C)S(=O)(=O)c1cc(CN)cc(C)c1Br. The molecule has 1 aromatic carbocycles. The minimum Gasteiger partial charge on any atom is -0.383 e. The predicted molar refractivity (Wildman–Crippen MR) is 78.5 cm³/mol. The van der Waals surface area contributed by atoms with E-state index in [0.717, 1.165) is 11.1 Å². The first kappa shape index (κ1) is 16.6. The lowest BCUT2D eigenvalue weighted by atomic mass is 10.1. The van der Waals surface area contributed by atoms with Gasteiger partial charge in [0.25, 0.3) is 0 Å². The van der Waals surface area contributed by atoms with Crippen LogP contribution in [0.4, 0.5) is 0 Å². The molecule has 1 rings (SSSR count). The van der Waals surface area contributed by atoms with Gasteiger partial charge in [0, 0.05) is 31.7 Å². The van der Waals surface area contributed by atoms with E-state index in [4.69, 9.17) is 10.5 Å². The quantitative estimate of drug-likeness (QED) is 0.843. The number of aryl methyl sites for hydroxylation is 1. The number of rotatable bonds is 6. The van der Waals surface area contributed by atoms with Crippen LogP contribution >= 0.6 is 15.9 Å². The molecule has 19 heavy (non-hydrogen) atoms. The van der Waals surface area contributed by atoms with Gasteiger partial charge in [-0.25, -0.2) is 8.42 Å². The number of nitrogens with two attached hydrogens (primary N) is 1. The smallest absolute Gasteiger partial charge is 0.244 e. The minimum atomic E-state index is -3.55. The second-order valence-corrected chi connectivity index (χ2v) is 7.05. The highest BCUT2D eigenvalue weighted by Crippen LogP contribution is 2.29. The van der Waals surface area contributed by atoms with Gasteiger partial charge in [-0.2, -0.15) is 4.31 Å². The second kappa shape index (κ2) is 6.81. The molecule has 5 nitrogen and oxygen atoms in total. The molecule has 0 heterocycles. The number of hydrogen-bond donors (Lipinski definition) is 1. The van der Waals surface area contributed by atoms with E-state index in [1.807, 2.05) is 13.0 Å². The molecule has 0 unspecified atom stereocenters. The Kier molecular flexibility index (Phi) is 5.94. The maximum absolute atomic E-state index is 12.5. The van der Waals surface area contributed by atoms with Crippen LogP contribution in [0.25, 0.3) is 0 Å². The summed E-state index contributed by atoms with van der Waals surface area (Å²) in [4.78, 5) is 0.242. The van der Waals surface area contributed by atoms with E-state index in [1.54, 1.807) is 6.07 Å². The van der Waals surface area contributed by atoms with Gasteiger partial charge >= 0.3 is 0 Å². The van der Waals surface area contributed by atoms with Gasteiger partial charge in [-0.1, -0.05) is 6.07 Å². The van der Waals surface area contributed by atoms with Crippen LogP contribution in [0.2, 0.25) is 0 Å². The number of methoxy groups -OCH3 is 1. The highest BCUT2D eigenvalue weighted by atomic mass is 79.9. The lowest BCUT2D eigenvalue weighted by Crippen LogP contribution is -2.30. The van der Waals surface area contributed by atoms with Crippen LogP contribution in [0.3, 0.4) is 0 Å². The summed E-state index contributed by atoms with van der Waals surface area (Å²) < 4.78 is 31.7. The molecule has 0 aliphatic rings. The topological polar surface area (TPSA) is 72.6 Å². The summed E-state index contributed by atoms with van der Waals surface area (Å²) in [6.07, 6.45) is 0. The van der Waals surface area contributed by atoms with Crippen LogP contribution in [0, 0.1) is 6.92 Å². The van der Waals surface area contributed by atoms with Gasteiger partial charge < -0.3 is 10.5 Å². The fraction of sp³-hybridized carbons (Fsp3) is 0.500. The number of ether oxygens (including phenoxy) is 1. The number of halogens is 1. The van der Waals surface area contributed by atoms with Crippen LogP contribution < -0.4 is 5.73 Å². The summed E-state index contributed by atoms with van der Waals surface area (Å²) in [7, 11) is -0.476. The van der Waals surface area contributed by atoms with Crippen LogP contribution in [-0.2, 0) is 21.3 Å².